The van der Waals surface area contributed by atoms with Gasteiger partial charge in [0.15, 0.2) is 5.69 Å². The Kier molecular flexibility index (Phi) is 4.87. The molecule has 3 heterocycles. The first-order valence-electron chi connectivity index (χ1n) is 8.24. The van der Waals surface area contributed by atoms with Crippen LogP contribution >= 0.6 is 12.4 Å². The lowest BCUT2D eigenvalue weighted by atomic mass is 10.1. The summed E-state index contributed by atoms with van der Waals surface area (Å²) in [4.78, 5) is 14.6. The number of rotatable bonds is 2. The van der Waals surface area contributed by atoms with Gasteiger partial charge >= 0.3 is 0 Å². The average Bonchev–Trinajstić information content (AvgIpc) is 3.13. The standard InChI is InChI=1S/C17H21N5O.ClH/c1-12-3-2-4-15(9-12)22-11-16(19-20-22)17(23)21-8-7-13-5-6-14(10-21)18-13;/h2-4,9,11,13-14,18H,5-8,10H2,1H3;1H. The van der Waals surface area contributed by atoms with Gasteiger partial charge in [-0.25, -0.2) is 4.68 Å². The van der Waals surface area contributed by atoms with Crippen LogP contribution in [-0.2, 0) is 0 Å². The number of aromatic nitrogens is 3. The Balaban J connectivity index is 0.00000169. The third-order valence-corrected chi connectivity index (χ3v) is 4.79. The number of amides is 1. The summed E-state index contributed by atoms with van der Waals surface area (Å²) in [6.45, 7) is 3.60. The van der Waals surface area contributed by atoms with Crippen molar-refractivity contribution in [2.75, 3.05) is 13.1 Å². The SMILES string of the molecule is Cc1cccc(-n2cc(C(=O)N3CCC4CCC(C3)N4)nn2)c1.Cl. The van der Waals surface area contributed by atoms with Crippen molar-refractivity contribution in [1.82, 2.24) is 25.2 Å². The first-order chi connectivity index (χ1) is 11.2. The molecule has 1 amide bonds. The molecule has 128 valence electrons. The van der Waals surface area contributed by atoms with E-state index in [2.05, 4.69) is 15.6 Å². The number of carbonyl (C=O) groups is 1. The lowest BCUT2D eigenvalue weighted by molar-refractivity contribution is 0.0742. The van der Waals surface area contributed by atoms with E-state index < -0.39 is 0 Å². The summed E-state index contributed by atoms with van der Waals surface area (Å²) in [6, 6.07) is 9.00. The molecule has 0 radical (unpaired) electrons. The van der Waals surface area contributed by atoms with Crippen LogP contribution < -0.4 is 5.32 Å². The maximum atomic E-state index is 12.7. The summed E-state index contributed by atoms with van der Waals surface area (Å²) in [5.41, 5.74) is 2.50. The van der Waals surface area contributed by atoms with Crippen molar-refractivity contribution >= 4 is 18.3 Å². The molecule has 2 bridgehead atoms. The van der Waals surface area contributed by atoms with Gasteiger partial charge in [0.1, 0.15) is 0 Å². The van der Waals surface area contributed by atoms with Gasteiger partial charge in [-0.2, -0.15) is 0 Å². The molecule has 2 atom stereocenters. The first-order valence-corrected chi connectivity index (χ1v) is 8.24. The summed E-state index contributed by atoms with van der Waals surface area (Å²) in [7, 11) is 0. The average molecular weight is 348 g/mol. The number of fused-ring (bicyclic) bond motifs is 2. The highest BCUT2D eigenvalue weighted by Crippen LogP contribution is 2.21. The fraction of sp³-hybridized carbons (Fsp3) is 0.471. The molecular formula is C17H22ClN5O. The Morgan fingerprint density at radius 1 is 1.25 bits per heavy atom. The van der Waals surface area contributed by atoms with Crippen molar-refractivity contribution in [3.8, 4) is 5.69 Å². The quantitative estimate of drug-likeness (QED) is 0.902. The highest BCUT2D eigenvalue weighted by molar-refractivity contribution is 5.92. The third-order valence-electron chi connectivity index (χ3n) is 4.79. The fourth-order valence-corrected chi connectivity index (χ4v) is 3.55. The molecule has 2 unspecified atom stereocenters. The van der Waals surface area contributed by atoms with Crippen LogP contribution in [0.25, 0.3) is 5.69 Å². The molecule has 0 saturated carbocycles. The monoisotopic (exact) mass is 347 g/mol. The van der Waals surface area contributed by atoms with Crippen molar-refractivity contribution in [3.63, 3.8) is 0 Å². The van der Waals surface area contributed by atoms with Gasteiger partial charge in [0.2, 0.25) is 0 Å². The Bertz CT molecular complexity index is 731. The second-order valence-corrected chi connectivity index (χ2v) is 6.57. The smallest absolute Gasteiger partial charge is 0.276 e. The van der Waals surface area contributed by atoms with Crippen LogP contribution in [0.5, 0.6) is 0 Å². The Hall–Kier alpha value is -1.92. The van der Waals surface area contributed by atoms with Gasteiger partial charge in [0.05, 0.1) is 11.9 Å². The predicted molar refractivity (Wildman–Crippen MR) is 93.8 cm³/mol. The fourth-order valence-electron chi connectivity index (χ4n) is 3.55. The molecule has 2 aliphatic rings. The van der Waals surface area contributed by atoms with Gasteiger partial charge in [0, 0.05) is 25.2 Å². The zero-order chi connectivity index (χ0) is 15.8. The van der Waals surface area contributed by atoms with E-state index >= 15 is 0 Å². The van der Waals surface area contributed by atoms with E-state index in [1.54, 1.807) is 10.9 Å². The molecule has 2 aromatic rings. The van der Waals surface area contributed by atoms with Crippen LogP contribution in [0.1, 0.15) is 35.3 Å². The zero-order valence-corrected chi connectivity index (χ0v) is 14.5. The Morgan fingerprint density at radius 3 is 2.92 bits per heavy atom. The molecule has 0 spiro atoms. The predicted octanol–water partition coefficient (Wildman–Crippen LogP) is 1.96. The number of likely N-dealkylation sites (tertiary alicyclic amines) is 1. The molecular weight excluding hydrogens is 326 g/mol. The van der Waals surface area contributed by atoms with Gasteiger partial charge in [-0.05, 0) is 43.9 Å². The lowest BCUT2D eigenvalue weighted by Gasteiger charge is -2.23. The number of hydrogen-bond donors (Lipinski definition) is 1. The van der Waals surface area contributed by atoms with Gasteiger partial charge in [0.25, 0.3) is 5.91 Å². The van der Waals surface area contributed by atoms with Crippen molar-refractivity contribution in [2.45, 2.75) is 38.3 Å². The van der Waals surface area contributed by atoms with Crippen molar-refractivity contribution in [2.24, 2.45) is 0 Å². The summed E-state index contributed by atoms with van der Waals surface area (Å²) >= 11 is 0. The number of carbonyl (C=O) groups excluding carboxylic acids is 1. The molecule has 2 fully saturated rings. The summed E-state index contributed by atoms with van der Waals surface area (Å²) < 4.78 is 1.67. The number of nitrogens with zero attached hydrogens (tertiary/aromatic N) is 4. The second-order valence-electron chi connectivity index (χ2n) is 6.57. The minimum Gasteiger partial charge on any atom is -0.336 e. The normalized spacial score (nSPS) is 22.8. The lowest BCUT2D eigenvalue weighted by Crippen LogP contribution is -2.39. The first kappa shape index (κ1) is 16.9. The molecule has 24 heavy (non-hydrogen) atoms. The van der Waals surface area contributed by atoms with Crippen LogP contribution in [-0.4, -0.2) is 51.0 Å². The molecule has 6 nitrogen and oxygen atoms in total. The number of benzene rings is 1. The third kappa shape index (κ3) is 3.30. The molecule has 0 aliphatic carbocycles. The maximum absolute atomic E-state index is 12.7. The summed E-state index contributed by atoms with van der Waals surface area (Å²) in [6.07, 6.45) is 5.14. The minimum absolute atomic E-state index is 0. The zero-order valence-electron chi connectivity index (χ0n) is 13.7. The second kappa shape index (κ2) is 6.91. The molecule has 2 aliphatic heterocycles. The van der Waals surface area contributed by atoms with E-state index in [4.69, 9.17) is 0 Å². The highest BCUT2D eigenvalue weighted by atomic mass is 35.5. The molecule has 2 saturated heterocycles. The van der Waals surface area contributed by atoms with E-state index in [1.807, 2.05) is 36.1 Å². The number of halogens is 1. The van der Waals surface area contributed by atoms with Crippen LogP contribution in [0.4, 0.5) is 0 Å². The summed E-state index contributed by atoms with van der Waals surface area (Å²) in [5.74, 6) is -0.0155. The topological polar surface area (TPSA) is 63.1 Å². The molecule has 4 rings (SSSR count). The molecule has 1 N–H and O–H groups in total. The van der Waals surface area contributed by atoms with Gasteiger partial charge in [-0.15, -0.1) is 17.5 Å². The van der Waals surface area contributed by atoms with Gasteiger partial charge < -0.3 is 10.2 Å². The van der Waals surface area contributed by atoms with Crippen molar-refractivity contribution in [3.05, 3.63) is 41.7 Å². The maximum Gasteiger partial charge on any atom is 0.276 e. The van der Waals surface area contributed by atoms with E-state index in [0.717, 1.165) is 37.2 Å². The van der Waals surface area contributed by atoms with E-state index in [1.165, 1.54) is 6.42 Å². The largest absolute Gasteiger partial charge is 0.336 e. The van der Waals surface area contributed by atoms with E-state index in [9.17, 15) is 4.79 Å². The van der Waals surface area contributed by atoms with E-state index in [-0.39, 0.29) is 18.3 Å². The molecule has 7 heteroatoms. The number of hydrogen-bond acceptors (Lipinski definition) is 4. The van der Waals surface area contributed by atoms with Gasteiger partial charge in [-0.3, -0.25) is 4.79 Å². The number of aryl methyl sites for hydroxylation is 1. The van der Waals surface area contributed by atoms with Crippen LogP contribution in [0.3, 0.4) is 0 Å². The summed E-state index contributed by atoms with van der Waals surface area (Å²) in [5, 5.41) is 11.8. The minimum atomic E-state index is -0.0155. The van der Waals surface area contributed by atoms with Crippen molar-refractivity contribution < 1.29 is 4.79 Å². The van der Waals surface area contributed by atoms with Crippen molar-refractivity contribution in [1.29, 1.82) is 0 Å². The van der Waals surface area contributed by atoms with Crippen LogP contribution in [0.15, 0.2) is 30.5 Å². The molecule has 1 aromatic carbocycles. The van der Waals surface area contributed by atoms with Crippen LogP contribution in [0.2, 0.25) is 0 Å². The Labute approximate surface area is 147 Å². The van der Waals surface area contributed by atoms with Crippen LogP contribution in [0, 0.1) is 6.92 Å². The van der Waals surface area contributed by atoms with E-state index in [0.29, 0.717) is 17.8 Å². The molecule has 1 aromatic heterocycles. The van der Waals surface area contributed by atoms with Gasteiger partial charge in [-0.1, -0.05) is 17.3 Å². The number of nitrogens with one attached hydrogen (secondary N) is 1. The Morgan fingerprint density at radius 2 is 2.08 bits per heavy atom. The highest BCUT2D eigenvalue weighted by Gasteiger charge is 2.32.